The van der Waals surface area contributed by atoms with Gasteiger partial charge in [0.15, 0.2) is 0 Å². The zero-order valence-electron chi connectivity index (χ0n) is 29.5. The van der Waals surface area contributed by atoms with E-state index in [2.05, 4.69) is 222 Å². The van der Waals surface area contributed by atoms with Crippen molar-refractivity contribution in [2.24, 2.45) is 0 Å². The predicted molar refractivity (Wildman–Crippen MR) is 227 cm³/mol. The minimum absolute atomic E-state index is 0.958. The largest absolute Gasteiger partial charge is 0.310 e. The predicted octanol–water partition coefficient (Wildman–Crippen LogP) is 13.8. The van der Waals surface area contributed by atoms with Crippen molar-refractivity contribution in [2.45, 2.75) is 0 Å². The van der Waals surface area contributed by atoms with Crippen molar-refractivity contribution in [3.05, 3.63) is 212 Å². The number of anilines is 3. The molecule has 0 aliphatic rings. The lowest BCUT2D eigenvalue weighted by molar-refractivity contribution is 0.979. The Bertz CT molecular complexity index is 2890. The highest BCUT2D eigenvalue weighted by atomic mass is 15.2. The van der Waals surface area contributed by atoms with Gasteiger partial charge >= 0.3 is 0 Å². The Labute approximate surface area is 314 Å². The lowest BCUT2D eigenvalue weighted by atomic mass is 9.96. The number of hydrogen-bond acceptors (Lipinski definition) is 2. The molecular formula is C51H35N3. The molecule has 0 saturated carbocycles. The number of aromatic nitrogens is 2. The van der Waals surface area contributed by atoms with Crippen LogP contribution in [-0.2, 0) is 0 Å². The van der Waals surface area contributed by atoms with Crippen LogP contribution in [0, 0.1) is 0 Å². The summed E-state index contributed by atoms with van der Waals surface area (Å²) in [5.41, 5.74) is 13.2. The molecule has 10 rings (SSSR count). The molecule has 2 aromatic heterocycles. The minimum atomic E-state index is 0.958. The van der Waals surface area contributed by atoms with Gasteiger partial charge in [-0.1, -0.05) is 176 Å². The molecule has 0 radical (unpaired) electrons. The quantitative estimate of drug-likeness (QED) is 0.166. The number of fused-ring (bicyclic) bond motifs is 4. The van der Waals surface area contributed by atoms with Gasteiger partial charge in [0.1, 0.15) is 5.69 Å². The zero-order valence-corrected chi connectivity index (χ0v) is 29.5. The van der Waals surface area contributed by atoms with E-state index in [-0.39, 0.29) is 0 Å². The smallest absolute Gasteiger partial charge is 0.101 e. The Kier molecular flexibility index (Phi) is 7.81. The third-order valence-corrected chi connectivity index (χ3v) is 10.4. The fourth-order valence-corrected chi connectivity index (χ4v) is 7.82. The first-order chi connectivity index (χ1) is 26.8. The summed E-state index contributed by atoms with van der Waals surface area (Å²) in [7, 11) is 0. The molecule has 0 unspecified atom stereocenters. The molecule has 54 heavy (non-hydrogen) atoms. The molecule has 3 heteroatoms. The van der Waals surface area contributed by atoms with Crippen LogP contribution in [0.5, 0.6) is 0 Å². The summed E-state index contributed by atoms with van der Waals surface area (Å²) < 4.78 is 2.17. The molecule has 8 aromatic carbocycles. The third kappa shape index (κ3) is 5.51. The molecule has 254 valence electrons. The van der Waals surface area contributed by atoms with Crippen molar-refractivity contribution >= 4 is 44.1 Å². The summed E-state index contributed by atoms with van der Waals surface area (Å²) >= 11 is 0. The van der Waals surface area contributed by atoms with Crippen LogP contribution >= 0.6 is 0 Å². The molecular weight excluding hydrogens is 655 g/mol. The van der Waals surface area contributed by atoms with Gasteiger partial charge in [0.25, 0.3) is 0 Å². The van der Waals surface area contributed by atoms with Crippen LogP contribution in [-0.4, -0.2) is 9.61 Å². The second kappa shape index (κ2) is 13.4. The van der Waals surface area contributed by atoms with Crippen LogP contribution < -0.4 is 4.90 Å². The molecule has 0 amide bonds. The monoisotopic (exact) mass is 689 g/mol. The fourth-order valence-electron chi connectivity index (χ4n) is 7.82. The second-order valence-electron chi connectivity index (χ2n) is 13.6. The third-order valence-electron chi connectivity index (χ3n) is 10.4. The van der Waals surface area contributed by atoms with E-state index in [4.69, 9.17) is 5.10 Å². The van der Waals surface area contributed by atoms with Gasteiger partial charge in [-0.05, 0) is 63.9 Å². The number of benzene rings is 8. The number of nitrogens with zero attached hydrogens (tertiary/aromatic N) is 3. The molecule has 0 atom stereocenters. The molecule has 3 nitrogen and oxygen atoms in total. The van der Waals surface area contributed by atoms with Crippen molar-refractivity contribution in [3.63, 3.8) is 0 Å². The second-order valence-corrected chi connectivity index (χ2v) is 13.6. The summed E-state index contributed by atoms with van der Waals surface area (Å²) in [6, 6.07) is 75.8. The van der Waals surface area contributed by atoms with Gasteiger partial charge in [0.2, 0.25) is 0 Å². The van der Waals surface area contributed by atoms with Crippen molar-refractivity contribution in [1.82, 2.24) is 9.61 Å². The van der Waals surface area contributed by atoms with Crippen LogP contribution in [0.1, 0.15) is 0 Å². The Morgan fingerprint density at radius 2 is 0.926 bits per heavy atom. The minimum Gasteiger partial charge on any atom is -0.310 e. The highest BCUT2D eigenvalue weighted by Gasteiger charge is 2.23. The summed E-state index contributed by atoms with van der Waals surface area (Å²) in [6.45, 7) is 0. The first-order valence-electron chi connectivity index (χ1n) is 18.4. The first kappa shape index (κ1) is 31.5. The van der Waals surface area contributed by atoms with Gasteiger partial charge in [-0.25, -0.2) is 4.52 Å². The van der Waals surface area contributed by atoms with E-state index >= 15 is 0 Å². The van der Waals surface area contributed by atoms with E-state index in [0.717, 1.165) is 67.0 Å². The SMILES string of the molecule is c1ccc(-c2ccc(N(c3ccc4cc(-c5ccccc5)n5nc(-c6ccccc6)c(-c6ccccc6)c5c4c3)c3cccc4ccccc34)cc2)cc1. The first-order valence-corrected chi connectivity index (χ1v) is 18.4. The lowest BCUT2D eigenvalue weighted by Crippen LogP contribution is -2.10. The van der Waals surface area contributed by atoms with Crippen LogP contribution in [0.3, 0.4) is 0 Å². The summed E-state index contributed by atoms with van der Waals surface area (Å²) in [5, 5.41) is 10.1. The van der Waals surface area contributed by atoms with Crippen LogP contribution in [0.15, 0.2) is 212 Å². The molecule has 0 aliphatic heterocycles. The Morgan fingerprint density at radius 1 is 0.370 bits per heavy atom. The van der Waals surface area contributed by atoms with Gasteiger partial charge in [-0.2, -0.15) is 5.10 Å². The van der Waals surface area contributed by atoms with E-state index in [1.54, 1.807) is 0 Å². The average Bonchev–Trinajstić information content (AvgIpc) is 3.66. The maximum atomic E-state index is 5.46. The van der Waals surface area contributed by atoms with E-state index in [1.165, 1.54) is 21.9 Å². The molecule has 0 N–H and O–H groups in total. The van der Waals surface area contributed by atoms with E-state index in [0.29, 0.717) is 0 Å². The molecule has 2 heterocycles. The Morgan fingerprint density at radius 3 is 1.63 bits per heavy atom. The number of pyridine rings is 1. The van der Waals surface area contributed by atoms with Gasteiger partial charge < -0.3 is 4.90 Å². The molecule has 0 aliphatic carbocycles. The van der Waals surface area contributed by atoms with Crippen molar-refractivity contribution in [3.8, 4) is 44.8 Å². The van der Waals surface area contributed by atoms with E-state index in [1.807, 2.05) is 0 Å². The Balaban J connectivity index is 1.27. The van der Waals surface area contributed by atoms with Crippen LogP contribution in [0.25, 0.3) is 71.8 Å². The van der Waals surface area contributed by atoms with Crippen LogP contribution in [0.4, 0.5) is 17.1 Å². The molecule has 0 fully saturated rings. The van der Waals surface area contributed by atoms with Crippen LogP contribution in [0.2, 0.25) is 0 Å². The zero-order chi connectivity index (χ0) is 35.8. The van der Waals surface area contributed by atoms with Gasteiger partial charge in [-0.15, -0.1) is 0 Å². The van der Waals surface area contributed by atoms with E-state index < -0.39 is 0 Å². The molecule has 10 aromatic rings. The van der Waals surface area contributed by atoms with Crippen molar-refractivity contribution in [1.29, 1.82) is 0 Å². The number of hydrogen-bond donors (Lipinski definition) is 0. The molecule has 0 spiro atoms. The molecule has 0 saturated heterocycles. The normalized spacial score (nSPS) is 11.3. The molecule has 0 bridgehead atoms. The average molecular weight is 690 g/mol. The topological polar surface area (TPSA) is 20.5 Å². The summed E-state index contributed by atoms with van der Waals surface area (Å²) in [4.78, 5) is 2.40. The van der Waals surface area contributed by atoms with Gasteiger partial charge in [0, 0.05) is 38.8 Å². The van der Waals surface area contributed by atoms with Crippen molar-refractivity contribution in [2.75, 3.05) is 4.90 Å². The highest BCUT2D eigenvalue weighted by molar-refractivity contribution is 6.10. The standard InChI is InChI=1S/C51H35N3/c1-5-16-36(17-6-1)37-28-31-43(32-29-37)53(47-27-15-25-38-18-13-14-26-45(38)47)44-33-30-42-34-48(39-19-7-2-8-20-39)54-51(46(42)35-44)49(40-21-9-3-10-22-40)50(52-54)41-23-11-4-12-24-41/h1-35H. The maximum absolute atomic E-state index is 5.46. The van der Waals surface area contributed by atoms with E-state index in [9.17, 15) is 0 Å². The summed E-state index contributed by atoms with van der Waals surface area (Å²) in [5.74, 6) is 0. The summed E-state index contributed by atoms with van der Waals surface area (Å²) in [6.07, 6.45) is 0. The van der Waals surface area contributed by atoms with Gasteiger partial charge in [-0.3, -0.25) is 0 Å². The lowest BCUT2D eigenvalue weighted by Gasteiger charge is -2.27. The fraction of sp³-hybridized carbons (Fsp3) is 0. The van der Waals surface area contributed by atoms with Crippen molar-refractivity contribution < 1.29 is 0 Å². The Hall–Kier alpha value is -7.23. The maximum Gasteiger partial charge on any atom is 0.101 e. The van der Waals surface area contributed by atoms with Gasteiger partial charge in [0.05, 0.1) is 16.9 Å². The number of rotatable bonds is 7. The highest BCUT2D eigenvalue weighted by Crippen LogP contribution is 2.44.